The summed E-state index contributed by atoms with van der Waals surface area (Å²) in [4.78, 5) is 28.6. The molecule has 1 aromatic carbocycles. The van der Waals surface area contributed by atoms with E-state index in [1.807, 2.05) is 43.5 Å². The van der Waals surface area contributed by atoms with Crippen LogP contribution < -0.4 is 5.43 Å². The second-order valence-electron chi connectivity index (χ2n) is 5.99. The number of hydrogen-bond donors (Lipinski definition) is 1. The molecule has 0 saturated heterocycles. The van der Waals surface area contributed by atoms with Crippen LogP contribution in [-0.2, 0) is 0 Å². The molecular weight excluding hydrogens is 340 g/mol. The fraction of sp³-hybridized carbons (Fsp3) is 0.211. The van der Waals surface area contributed by atoms with Crippen LogP contribution in [-0.4, -0.2) is 27.0 Å². The van der Waals surface area contributed by atoms with E-state index in [1.54, 1.807) is 0 Å². The van der Waals surface area contributed by atoms with Crippen molar-refractivity contribution in [2.24, 2.45) is 0 Å². The average Bonchev–Trinajstić information content (AvgIpc) is 2.57. The van der Waals surface area contributed by atoms with Crippen LogP contribution >= 0.6 is 11.6 Å². The van der Waals surface area contributed by atoms with Gasteiger partial charge in [-0.25, -0.2) is 0 Å². The Morgan fingerprint density at radius 2 is 1.88 bits per heavy atom. The molecule has 0 saturated carbocycles. The van der Waals surface area contributed by atoms with Gasteiger partial charge in [-0.2, -0.15) is 0 Å². The van der Waals surface area contributed by atoms with Gasteiger partial charge in [0.15, 0.2) is 5.43 Å². The Kier molecular flexibility index (Phi) is 4.45. The zero-order valence-corrected chi connectivity index (χ0v) is 14.9. The number of aromatic nitrogens is 2. The number of fused-ring (bicyclic) bond motifs is 1. The van der Waals surface area contributed by atoms with E-state index in [4.69, 9.17) is 11.6 Å². The van der Waals surface area contributed by atoms with Crippen LogP contribution in [0.2, 0.25) is 5.02 Å². The Morgan fingerprint density at radius 1 is 1.24 bits per heavy atom. The fourth-order valence-electron chi connectivity index (χ4n) is 3.17. The largest absolute Gasteiger partial charge is 0.388 e. The zero-order valence-electron chi connectivity index (χ0n) is 14.1. The van der Waals surface area contributed by atoms with Gasteiger partial charge in [-0.1, -0.05) is 29.8 Å². The molecule has 0 radical (unpaired) electrons. The molecule has 2 aromatic heterocycles. The van der Waals surface area contributed by atoms with E-state index in [0.29, 0.717) is 11.2 Å². The van der Waals surface area contributed by atoms with Gasteiger partial charge in [0.25, 0.3) is 0 Å². The first-order valence-corrected chi connectivity index (χ1v) is 8.16. The number of aliphatic hydroxyl groups is 1. The molecule has 0 bridgehead atoms. The van der Waals surface area contributed by atoms with Crippen molar-refractivity contribution in [3.8, 4) is 5.69 Å². The molecule has 2 heterocycles. The number of aliphatic hydroxyl groups excluding tert-OH is 1. The SMILES string of the molecule is Cc1cccc(C)c1-n1c(C)cc(=O)c2c(C(=O)CO)ncc(Cl)c21. The van der Waals surface area contributed by atoms with Crippen LogP contribution in [0.3, 0.4) is 0 Å². The first-order valence-electron chi connectivity index (χ1n) is 7.78. The van der Waals surface area contributed by atoms with Gasteiger partial charge in [0.2, 0.25) is 5.78 Å². The number of pyridine rings is 2. The number of rotatable bonds is 3. The highest BCUT2D eigenvalue weighted by Gasteiger charge is 2.21. The summed E-state index contributed by atoms with van der Waals surface area (Å²) < 4.78 is 1.87. The molecule has 0 aliphatic rings. The summed E-state index contributed by atoms with van der Waals surface area (Å²) in [6.45, 7) is 5.04. The van der Waals surface area contributed by atoms with Gasteiger partial charge in [-0.15, -0.1) is 0 Å². The smallest absolute Gasteiger partial charge is 0.207 e. The van der Waals surface area contributed by atoms with Crippen molar-refractivity contribution in [2.45, 2.75) is 20.8 Å². The fourth-order valence-corrected chi connectivity index (χ4v) is 3.39. The highest BCUT2D eigenvalue weighted by Crippen LogP contribution is 2.30. The molecule has 0 spiro atoms. The van der Waals surface area contributed by atoms with Crippen molar-refractivity contribution in [3.05, 3.63) is 68.2 Å². The molecule has 3 aromatic rings. The predicted octanol–water partition coefficient (Wildman–Crippen LogP) is 3.14. The highest BCUT2D eigenvalue weighted by atomic mass is 35.5. The third kappa shape index (κ3) is 2.75. The summed E-state index contributed by atoms with van der Waals surface area (Å²) in [5.74, 6) is -0.615. The molecule has 0 fully saturated rings. The minimum Gasteiger partial charge on any atom is -0.388 e. The lowest BCUT2D eigenvalue weighted by atomic mass is 10.1. The van der Waals surface area contributed by atoms with E-state index in [-0.39, 0.29) is 21.5 Å². The molecule has 0 aliphatic carbocycles. The lowest BCUT2D eigenvalue weighted by molar-refractivity contribution is 0.0900. The summed E-state index contributed by atoms with van der Waals surface area (Å²) in [6.07, 6.45) is 1.34. The lowest BCUT2D eigenvalue weighted by Crippen LogP contribution is -2.18. The molecule has 128 valence electrons. The lowest BCUT2D eigenvalue weighted by Gasteiger charge is -2.20. The summed E-state index contributed by atoms with van der Waals surface area (Å²) >= 11 is 6.38. The second kappa shape index (κ2) is 6.43. The molecule has 0 amide bonds. The molecule has 0 unspecified atom stereocenters. The number of ketones is 1. The van der Waals surface area contributed by atoms with Crippen LogP contribution in [0, 0.1) is 20.8 Å². The Morgan fingerprint density at radius 3 is 2.48 bits per heavy atom. The van der Waals surface area contributed by atoms with Gasteiger partial charge >= 0.3 is 0 Å². The molecule has 3 rings (SSSR count). The van der Waals surface area contributed by atoms with E-state index in [0.717, 1.165) is 16.8 Å². The Labute approximate surface area is 149 Å². The maximum absolute atomic E-state index is 12.6. The predicted molar refractivity (Wildman–Crippen MR) is 98.0 cm³/mol. The molecule has 6 heteroatoms. The van der Waals surface area contributed by atoms with Crippen LogP contribution in [0.1, 0.15) is 27.3 Å². The van der Waals surface area contributed by atoms with E-state index in [1.165, 1.54) is 12.3 Å². The number of benzene rings is 1. The molecule has 5 nitrogen and oxygen atoms in total. The van der Waals surface area contributed by atoms with E-state index in [2.05, 4.69) is 4.98 Å². The average molecular weight is 357 g/mol. The maximum Gasteiger partial charge on any atom is 0.207 e. The van der Waals surface area contributed by atoms with Crippen LogP contribution in [0.15, 0.2) is 35.3 Å². The van der Waals surface area contributed by atoms with Crippen LogP contribution in [0.4, 0.5) is 0 Å². The van der Waals surface area contributed by atoms with Gasteiger partial charge < -0.3 is 9.67 Å². The monoisotopic (exact) mass is 356 g/mol. The maximum atomic E-state index is 12.6. The number of Topliss-reactive ketones (excluding diaryl/α,β-unsaturated/α-hetero) is 1. The molecule has 0 aliphatic heterocycles. The normalized spacial score (nSPS) is 11.1. The minimum atomic E-state index is -0.722. The van der Waals surface area contributed by atoms with Crippen molar-refractivity contribution in [2.75, 3.05) is 6.61 Å². The van der Waals surface area contributed by atoms with Gasteiger partial charge in [0, 0.05) is 18.0 Å². The first-order chi connectivity index (χ1) is 11.9. The van der Waals surface area contributed by atoms with Crippen molar-refractivity contribution in [1.82, 2.24) is 9.55 Å². The van der Waals surface area contributed by atoms with Crippen molar-refractivity contribution >= 4 is 28.3 Å². The number of halogens is 1. The summed E-state index contributed by atoms with van der Waals surface area (Å²) in [5.41, 5.74) is 3.64. The number of carbonyl (C=O) groups is 1. The standard InChI is InChI=1S/C19H17ClN2O3/c1-10-5-4-6-11(2)18(10)22-12(3)7-14(24)16-17(15(25)9-23)21-8-13(20)19(16)22/h4-8,23H,9H2,1-3H3. The Balaban J connectivity index is 2.58. The second-order valence-corrected chi connectivity index (χ2v) is 6.39. The third-order valence-electron chi connectivity index (χ3n) is 4.24. The summed E-state index contributed by atoms with van der Waals surface area (Å²) in [5, 5.41) is 9.60. The minimum absolute atomic E-state index is 0.0631. The zero-order chi connectivity index (χ0) is 18.3. The van der Waals surface area contributed by atoms with Gasteiger partial charge in [-0.3, -0.25) is 14.6 Å². The van der Waals surface area contributed by atoms with Gasteiger partial charge in [0.05, 0.1) is 21.6 Å². The summed E-state index contributed by atoms with van der Waals surface area (Å²) in [6, 6.07) is 7.36. The van der Waals surface area contributed by atoms with Gasteiger partial charge in [-0.05, 0) is 31.9 Å². The van der Waals surface area contributed by atoms with E-state index >= 15 is 0 Å². The summed E-state index contributed by atoms with van der Waals surface area (Å²) in [7, 11) is 0. The first kappa shape index (κ1) is 17.3. The van der Waals surface area contributed by atoms with Crippen LogP contribution in [0.5, 0.6) is 0 Å². The van der Waals surface area contributed by atoms with Crippen LogP contribution in [0.25, 0.3) is 16.6 Å². The quantitative estimate of drug-likeness (QED) is 0.732. The molecule has 25 heavy (non-hydrogen) atoms. The Bertz CT molecular complexity index is 1050. The molecule has 0 atom stereocenters. The van der Waals surface area contributed by atoms with Crippen molar-refractivity contribution < 1.29 is 9.90 Å². The number of hydrogen-bond acceptors (Lipinski definition) is 4. The number of carbonyl (C=O) groups excluding carboxylic acids is 1. The number of para-hydroxylation sites is 1. The third-order valence-corrected chi connectivity index (χ3v) is 4.52. The number of nitrogens with zero attached hydrogens (tertiary/aromatic N) is 2. The van der Waals surface area contributed by atoms with Crippen molar-refractivity contribution in [1.29, 1.82) is 0 Å². The molecular formula is C19H17ClN2O3. The number of aryl methyl sites for hydroxylation is 3. The van der Waals surface area contributed by atoms with Crippen molar-refractivity contribution in [3.63, 3.8) is 0 Å². The highest BCUT2D eigenvalue weighted by molar-refractivity contribution is 6.35. The van der Waals surface area contributed by atoms with E-state index < -0.39 is 12.4 Å². The molecule has 1 N–H and O–H groups in total. The topological polar surface area (TPSA) is 72.2 Å². The van der Waals surface area contributed by atoms with Gasteiger partial charge in [0.1, 0.15) is 12.3 Å². The van der Waals surface area contributed by atoms with E-state index in [9.17, 15) is 14.7 Å². The Hall–Kier alpha value is -2.50.